The number of nitrogens with zero attached hydrogens (tertiary/aromatic N) is 1. The molecule has 0 saturated heterocycles. The molecule has 0 aliphatic heterocycles. The van der Waals surface area contributed by atoms with Gasteiger partial charge >= 0.3 is 23.9 Å². The van der Waals surface area contributed by atoms with E-state index >= 15 is 0 Å². The van der Waals surface area contributed by atoms with Gasteiger partial charge in [-0.3, -0.25) is 24.1 Å². The molecule has 11 nitrogen and oxygen atoms in total. The van der Waals surface area contributed by atoms with Crippen LogP contribution in [0, 0.1) is 5.41 Å². The van der Waals surface area contributed by atoms with E-state index in [4.69, 9.17) is 16.6 Å². The first-order chi connectivity index (χ1) is 16.0. The van der Waals surface area contributed by atoms with E-state index in [2.05, 4.69) is 0 Å². The first kappa shape index (κ1) is 31.8. The van der Waals surface area contributed by atoms with E-state index in [1.54, 1.807) is 0 Å². The van der Waals surface area contributed by atoms with Crippen molar-refractivity contribution in [2.24, 2.45) is 16.9 Å². The summed E-state index contributed by atoms with van der Waals surface area (Å²) in [5, 5.41) is 37.8. The van der Waals surface area contributed by atoms with Crippen molar-refractivity contribution < 1.29 is 39.6 Å². The van der Waals surface area contributed by atoms with Crippen molar-refractivity contribution >= 4 is 23.9 Å². The predicted octanol–water partition coefficient (Wildman–Crippen LogP) is 1.97. The number of nitrogens with two attached hydrogens (primary N) is 2. The van der Waals surface area contributed by atoms with Crippen molar-refractivity contribution in [3.8, 4) is 0 Å². The van der Waals surface area contributed by atoms with Crippen molar-refractivity contribution in [3.05, 3.63) is 0 Å². The fourth-order valence-electron chi connectivity index (χ4n) is 4.65. The van der Waals surface area contributed by atoms with Gasteiger partial charge in [-0.25, -0.2) is 0 Å². The average Bonchev–Trinajstić information content (AvgIpc) is 2.75. The summed E-state index contributed by atoms with van der Waals surface area (Å²) in [7, 11) is 0. The molecule has 198 valence electrons. The SMILES string of the molecule is CCC(CCCN)(CCC(CCCCN)(CC(=O)O)C(=O)O)N(CCCC(=O)O)CCC(=O)O. The van der Waals surface area contributed by atoms with E-state index in [-0.39, 0.29) is 32.2 Å². The van der Waals surface area contributed by atoms with Crippen LogP contribution in [0.15, 0.2) is 0 Å². The van der Waals surface area contributed by atoms with Gasteiger partial charge < -0.3 is 31.9 Å². The molecule has 0 aromatic rings. The lowest BCUT2D eigenvalue weighted by Crippen LogP contribution is -2.51. The number of unbranched alkanes of at least 4 members (excludes halogenated alkanes) is 1. The molecule has 0 aromatic heterocycles. The highest BCUT2D eigenvalue weighted by Gasteiger charge is 2.44. The average molecular weight is 490 g/mol. The summed E-state index contributed by atoms with van der Waals surface area (Å²) >= 11 is 0. The van der Waals surface area contributed by atoms with Crippen LogP contribution >= 0.6 is 0 Å². The summed E-state index contributed by atoms with van der Waals surface area (Å²) in [5.74, 6) is -4.30. The van der Waals surface area contributed by atoms with Gasteiger partial charge in [-0.2, -0.15) is 0 Å². The predicted molar refractivity (Wildman–Crippen MR) is 126 cm³/mol. The molecule has 0 aliphatic carbocycles. The second-order valence-corrected chi connectivity index (χ2v) is 9.00. The van der Waals surface area contributed by atoms with Crippen LogP contribution in [0.2, 0.25) is 0 Å². The normalized spacial score (nSPS) is 14.9. The molecular weight excluding hydrogens is 446 g/mol. The van der Waals surface area contributed by atoms with Crippen LogP contribution in [-0.4, -0.2) is 80.9 Å². The fraction of sp³-hybridized carbons (Fsp3) is 0.826. The third-order valence-corrected chi connectivity index (χ3v) is 6.71. The number of carboxylic acid groups (broad SMARTS) is 4. The molecule has 0 heterocycles. The molecule has 0 rings (SSSR count). The van der Waals surface area contributed by atoms with Crippen LogP contribution in [0.1, 0.15) is 84.0 Å². The van der Waals surface area contributed by atoms with Gasteiger partial charge in [0.1, 0.15) is 0 Å². The van der Waals surface area contributed by atoms with Crippen molar-refractivity contribution in [1.29, 1.82) is 0 Å². The maximum Gasteiger partial charge on any atom is 0.310 e. The Kier molecular flexibility index (Phi) is 15.3. The Balaban J connectivity index is 6.07. The Hall–Kier alpha value is -2.24. The summed E-state index contributed by atoms with van der Waals surface area (Å²) in [6.07, 6.45) is 3.00. The highest BCUT2D eigenvalue weighted by atomic mass is 16.4. The third-order valence-electron chi connectivity index (χ3n) is 6.71. The molecule has 0 aliphatic rings. The van der Waals surface area contributed by atoms with Crippen LogP contribution < -0.4 is 11.5 Å². The van der Waals surface area contributed by atoms with E-state index in [9.17, 15) is 34.5 Å². The molecule has 0 saturated carbocycles. The Labute approximate surface area is 201 Å². The molecule has 0 bridgehead atoms. The standard InChI is InChI=1S/C23H43N3O8/c1-2-23(10-6-14-25,26(16-8-19(29)30)15-5-7-18(27)28)12-11-22(21(33)34,17-20(31)32)9-3-4-13-24/h2-17,24-25H2,1H3,(H,27,28)(H,29,30)(H,31,32)(H,33,34). The Morgan fingerprint density at radius 3 is 1.79 bits per heavy atom. The Bertz CT molecular complexity index is 660. The van der Waals surface area contributed by atoms with Gasteiger partial charge in [0.15, 0.2) is 0 Å². The smallest absolute Gasteiger partial charge is 0.310 e. The molecule has 2 unspecified atom stereocenters. The Morgan fingerprint density at radius 2 is 1.32 bits per heavy atom. The summed E-state index contributed by atoms with van der Waals surface area (Å²) in [6.45, 7) is 3.21. The van der Waals surface area contributed by atoms with Gasteiger partial charge in [-0.15, -0.1) is 0 Å². The lowest BCUT2D eigenvalue weighted by Gasteiger charge is -2.46. The van der Waals surface area contributed by atoms with E-state index in [1.807, 2.05) is 11.8 Å². The third kappa shape index (κ3) is 11.3. The molecule has 8 N–H and O–H groups in total. The maximum absolute atomic E-state index is 12.3. The minimum absolute atomic E-state index is 0.0720. The van der Waals surface area contributed by atoms with Crippen molar-refractivity contribution in [3.63, 3.8) is 0 Å². The first-order valence-electron chi connectivity index (χ1n) is 12.0. The number of carbonyl (C=O) groups is 4. The summed E-state index contributed by atoms with van der Waals surface area (Å²) in [4.78, 5) is 48.2. The summed E-state index contributed by atoms with van der Waals surface area (Å²) in [6, 6.07) is 0. The first-order valence-corrected chi connectivity index (χ1v) is 12.0. The lowest BCUT2D eigenvalue weighted by molar-refractivity contribution is -0.157. The zero-order valence-corrected chi connectivity index (χ0v) is 20.3. The molecule has 34 heavy (non-hydrogen) atoms. The number of rotatable bonds is 22. The van der Waals surface area contributed by atoms with E-state index in [1.165, 1.54) is 0 Å². The van der Waals surface area contributed by atoms with E-state index in [0.717, 1.165) is 0 Å². The minimum atomic E-state index is -1.47. The monoisotopic (exact) mass is 489 g/mol. The lowest BCUT2D eigenvalue weighted by atomic mass is 9.71. The largest absolute Gasteiger partial charge is 0.481 e. The molecule has 0 radical (unpaired) electrons. The Morgan fingerprint density at radius 1 is 0.706 bits per heavy atom. The zero-order valence-electron chi connectivity index (χ0n) is 20.3. The molecule has 11 heteroatoms. The topological polar surface area (TPSA) is 204 Å². The van der Waals surface area contributed by atoms with Crippen molar-refractivity contribution in [2.45, 2.75) is 89.5 Å². The molecular formula is C23H43N3O8. The molecule has 0 aromatic carbocycles. The van der Waals surface area contributed by atoms with Gasteiger partial charge in [0, 0.05) is 18.5 Å². The number of hydrogen-bond acceptors (Lipinski definition) is 7. The second kappa shape index (κ2) is 16.4. The van der Waals surface area contributed by atoms with Crippen LogP contribution in [0.3, 0.4) is 0 Å². The van der Waals surface area contributed by atoms with Gasteiger partial charge in [0.2, 0.25) is 0 Å². The highest BCUT2D eigenvalue weighted by molar-refractivity contribution is 5.81. The van der Waals surface area contributed by atoms with Gasteiger partial charge in [0.05, 0.1) is 18.3 Å². The summed E-state index contributed by atoms with van der Waals surface area (Å²) < 4.78 is 0. The highest BCUT2D eigenvalue weighted by Crippen LogP contribution is 2.41. The number of carboxylic acids is 4. The number of aliphatic carboxylic acids is 4. The van der Waals surface area contributed by atoms with Crippen molar-refractivity contribution in [1.82, 2.24) is 4.90 Å². The van der Waals surface area contributed by atoms with Crippen LogP contribution in [0.4, 0.5) is 0 Å². The number of hydrogen-bond donors (Lipinski definition) is 6. The maximum atomic E-state index is 12.3. The quantitative estimate of drug-likeness (QED) is 0.121. The molecule has 0 amide bonds. The summed E-state index contributed by atoms with van der Waals surface area (Å²) in [5.41, 5.74) is 9.21. The minimum Gasteiger partial charge on any atom is -0.481 e. The molecule has 0 spiro atoms. The van der Waals surface area contributed by atoms with Gasteiger partial charge in [-0.05, 0) is 71.0 Å². The zero-order chi connectivity index (χ0) is 26.2. The fourth-order valence-corrected chi connectivity index (χ4v) is 4.65. The van der Waals surface area contributed by atoms with E-state index < -0.39 is 41.3 Å². The van der Waals surface area contributed by atoms with E-state index in [0.29, 0.717) is 64.6 Å². The molecule has 2 atom stereocenters. The van der Waals surface area contributed by atoms with Crippen LogP contribution in [0.5, 0.6) is 0 Å². The van der Waals surface area contributed by atoms with Gasteiger partial charge in [-0.1, -0.05) is 13.3 Å². The van der Waals surface area contributed by atoms with Crippen LogP contribution in [-0.2, 0) is 19.2 Å². The van der Waals surface area contributed by atoms with Crippen LogP contribution in [0.25, 0.3) is 0 Å². The molecule has 0 fully saturated rings. The second-order valence-electron chi connectivity index (χ2n) is 9.00. The van der Waals surface area contributed by atoms with Gasteiger partial charge in [0.25, 0.3) is 0 Å². The van der Waals surface area contributed by atoms with Crippen molar-refractivity contribution in [2.75, 3.05) is 26.2 Å².